The molecule has 2 amide bonds. The van der Waals surface area contributed by atoms with E-state index in [1.165, 1.54) is 4.90 Å². The molecule has 1 aromatic carbocycles. The molecule has 2 rings (SSSR count). The highest BCUT2D eigenvalue weighted by Crippen LogP contribution is 2.09. The van der Waals surface area contributed by atoms with Gasteiger partial charge in [0.15, 0.2) is 0 Å². The molecule has 1 unspecified atom stereocenters. The number of nitrogens with one attached hydrogen (secondary N) is 1. The van der Waals surface area contributed by atoms with Gasteiger partial charge in [0, 0.05) is 7.05 Å². The highest BCUT2D eigenvalue weighted by Gasteiger charge is 2.28. The molecule has 0 radical (unpaired) electrons. The minimum Gasteiger partial charge on any atom is -0.493 e. The lowest BCUT2D eigenvalue weighted by Gasteiger charge is -2.10. The molecule has 108 valence electrons. The molecule has 20 heavy (non-hydrogen) atoms. The second-order valence-corrected chi connectivity index (χ2v) is 4.60. The third kappa shape index (κ3) is 4.15. The van der Waals surface area contributed by atoms with Gasteiger partial charge < -0.3 is 19.7 Å². The molecule has 0 saturated carbocycles. The second-order valence-electron chi connectivity index (χ2n) is 4.60. The number of hydrogen-bond donors (Lipinski definition) is 1. The van der Waals surface area contributed by atoms with Gasteiger partial charge in [-0.3, -0.25) is 4.79 Å². The van der Waals surface area contributed by atoms with Crippen molar-refractivity contribution in [2.45, 2.75) is 12.5 Å². The van der Waals surface area contributed by atoms with Gasteiger partial charge in [-0.1, -0.05) is 18.2 Å². The summed E-state index contributed by atoms with van der Waals surface area (Å²) in [6, 6.07) is 9.33. The zero-order valence-electron chi connectivity index (χ0n) is 11.4. The van der Waals surface area contributed by atoms with Gasteiger partial charge in [-0.15, -0.1) is 0 Å². The molecular weight excluding hydrogens is 260 g/mol. The molecule has 1 aliphatic heterocycles. The maximum atomic E-state index is 11.6. The zero-order valence-corrected chi connectivity index (χ0v) is 11.4. The quantitative estimate of drug-likeness (QED) is 0.843. The molecule has 1 fully saturated rings. The lowest BCUT2D eigenvalue weighted by atomic mass is 10.3. The Hall–Kier alpha value is -2.24. The third-order valence-corrected chi connectivity index (χ3v) is 2.92. The lowest BCUT2D eigenvalue weighted by Crippen LogP contribution is -2.34. The van der Waals surface area contributed by atoms with Crippen LogP contribution >= 0.6 is 0 Å². The van der Waals surface area contributed by atoms with E-state index in [1.54, 1.807) is 7.05 Å². The molecule has 6 nitrogen and oxygen atoms in total. The van der Waals surface area contributed by atoms with Crippen LogP contribution in [0, 0.1) is 0 Å². The van der Waals surface area contributed by atoms with E-state index in [2.05, 4.69) is 5.32 Å². The summed E-state index contributed by atoms with van der Waals surface area (Å²) in [6.45, 7) is 1.15. The Kier molecular flexibility index (Phi) is 4.81. The SMILES string of the molecule is CN1CC(CNC(=O)CCOc2ccccc2)OC1=O. The lowest BCUT2D eigenvalue weighted by molar-refractivity contribution is -0.121. The summed E-state index contributed by atoms with van der Waals surface area (Å²) in [4.78, 5) is 24.2. The van der Waals surface area contributed by atoms with Crippen LogP contribution in [0.15, 0.2) is 30.3 Å². The van der Waals surface area contributed by atoms with Crippen molar-refractivity contribution in [2.24, 2.45) is 0 Å². The molecule has 1 aliphatic rings. The molecule has 6 heteroatoms. The molecule has 1 aromatic rings. The average Bonchev–Trinajstić information content (AvgIpc) is 2.77. The summed E-state index contributed by atoms with van der Waals surface area (Å²) in [5.74, 6) is 0.623. The highest BCUT2D eigenvalue weighted by atomic mass is 16.6. The fourth-order valence-corrected chi connectivity index (χ4v) is 1.85. The Labute approximate surface area is 117 Å². The van der Waals surface area contributed by atoms with E-state index < -0.39 is 0 Å². The highest BCUT2D eigenvalue weighted by molar-refractivity contribution is 5.76. The minimum absolute atomic E-state index is 0.119. The Bertz CT molecular complexity index is 464. The maximum Gasteiger partial charge on any atom is 0.410 e. The van der Waals surface area contributed by atoms with E-state index in [0.717, 1.165) is 5.75 Å². The Balaban J connectivity index is 1.60. The predicted molar refractivity (Wildman–Crippen MR) is 72.5 cm³/mol. The molecule has 1 saturated heterocycles. The first kappa shape index (κ1) is 14.2. The number of carbonyl (C=O) groups excluding carboxylic acids is 2. The third-order valence-electron chi connectivity index (χ3n) is 2.92. The molecule has 0 aliphatic carbocycles. The van der Waals surface area contributed by atoms with Crippen LogP contribution < -0.4 is 10.1 Å². The monoisotopic (exact) mass is 278 g/mol. The van der Waals surface area contributed by atoms with E-state index in [0.29, 0.717) is 19.7 Å². The van der Waals surface area contributed by atoms with Gasteiger partial charge >= 0.3 is 6.09 Å². The average molecular weight is 278 g/mol. The van der Waals surface area contributed by atoms with Gasteiger partial charge in [-0.05, 0) is 12.1 Å². The van der Waals surface area contributed by atoms with Crippen molar-refractivity contribution in [3.8, 4) is 5.75 Å². The topological polar surface area (TPSA) is 67.9 Å². The van der Waals surface area contributed by atoms with Crippen LogP contribution in [0.1, 0.15) is 6.42 Å². The van der Waals surface area contributed by atoms with E-state index in [9.17, 15) is 9.59 Å². The van der Waals surface area contributed by atoms with Crippen molar-refractivity contribution in [3.63, 3.8) is 0 Å². The van der Waals surface area contributed by atoms with Gasteiger partial charge in [0.25, 0.3) is 0 Å². The fourth-order valence-electron chi connectivity index (χ4n) is 1.85. The molecule has 1 N–H and O–H groups in total. The van der Waals surface area contributed by atoms with Gasteiger partial charge in [0.05, 0.1) is 26.1 Å². The zero-order chi connectivity index (χ0) is 14.4. The first-order valence-corrected chi connectivity index (χ1v) is 6.51. The van der Waals surface area contributed by atoms with Crippen molar-refractivity contribution >= 4 is 12.0 Å². The number of carbonyl (C=O) groups is 2. The predicted octanol–water partition coefficient (Wildman–Crippen LogP) is 1.02. The van der Waals surface area contributed by atoms with Crippen molar-refractivity contribution in [1.29, 1.82) is 0 Å². The number of rotatable bonds is 6. The van der Waals surface area contributed by atoms with Gasteiger partial charge in [0.1, 0.15) is 11.9 Å². The normalized spacial score (nSPS) is 17.8. The molecular formula is C14H18N2O4. The molecule has 1 atom stereocenters. The van der Waals surface area contributed by atoms with Gasteiger partial charge in [0.2, 0.25) is 5.91 Å². The summed E-state index contributed by atoms with van der Waals surface area (Å²) in [5, 5.41) is 2.73. The summed E-state index contributed by atoms with van der Waals surface area (Å²) in [6.07, 6.45) is -0.353. The first-order valence-electron chi connectivity index (χ1n) is 6.51. The number of nitrogens with zero attached hydrogens (tertiary/aromatic N) is 1. The van der Waals surface area contributed by atoms with Crippen LogP contribution in [-0.2, 0) is 9.53 Å². The van der Waals surface area contributed by atoms with Crippen LogP contribution in [-0.4, -0.2) is 49.7 Å². The number of benzene rings is 1. The number of cyclic esters (lactones) is 1. The number of likely N-dealkylation sites (N-methyl/N-ethyl adjacent to an activating group) is 1. The molecule has 0 aromatic heterocycles. The minimum atomic E-state index is -0.350. The van der Waals surface area contributed by atoms with E-state index in [-0.39, 0.29) is 24.5 Å². The fraction of sp³-hybridized carbons (Fsp3) is 0.429. The smallest absolute Gasteiger partial charge is 0.410 e. The maximum absolute atomic E-state index is 11.6. The van der Waals surface area contributed by atoms with Crippen molar-refractivity contribution in [3.05, 3.63) is 30.3 Å². The van der Waals surface area contributed by atoms with Crippen LogP contribution in [0.4, 0.5) is 4.79 Å². The van der Waals surface area contributed by atoms with Crippen LogP contribution in [0.2, 0.25) is 0 Å². The summed E-state index contributed by atoms with van der Waals surface area (Å²) >= 11 is 0. The largest absolute Gasteiger partial charge is 0.493 e. The van der Waals surface area contributed by atoms with Crippen molar-refractivity contribution in [1.82, 2.24) is 10.2 Å². The van der Waals surface area contributed by atoms with Crippen molar-refractivity contribution in [2.75, 3.05) is 26.7 Å². The first-order chi connectivity index (χ1) is 9.65. The number of ether oxygens (including phenoxy) is 2. The van der Waals surface area contributed by atoms with Crippen LogP contribution in [0.3, 0.4) is 0 Å². The van der Waals surface area contributed by atoms with Gasteiger partial charge in [-0.2, -0.15) is 0 Å². The molecule has 0 spiro atoms. The van der Waals surface area contributed by atoms with Gasteiger partial charge in [-0.25, -0.2) is 4.79 Å². The summed E-state index contributed by atoms with van der Waals surface area (Å²) < 4.78 is 10.5. The van der Waals surface area contributed by atoms with Crippen LogP contribution in [0.25, 0.3) is 0 Å². The van der Waals surface area contributed by atoms with E-state index in [1.807, 2.05) is 30.3 Å². The van der Waals surface area contributed by atoms with Crippen LogP contribution in [0.5, 0.6) is 5.75 Å². The Morgan fingerprint density at radius 2 is 2.20 bits per heavy atom. The molecule has 1 heterocycles. The Morgan fingerprint density at radius 1 is 1.45 bits per heavy atom. The number of amides is 2. The summed E-state index contributed by atoms with van der Waals surface area (Å²) in [5.41, 5.74) is 0. The second kappa shape index (κ2) is 6.79. The summed E-state index contributed by atoms with van der Waals surface area (Å²) in [7, 11) is 1.66. The molecule has 0 bridgehead atoms. The van der Waals surface area contributed by atoms with E-state index in [4.69, 9.17) is 9.47 Å². The standard InChI is InChI=1S/C14H18N2O4/c1-16-10-12(20-14(16)18)9-15-13(17)7-8-19-11-5-3-2-4-6-11/h2-6,12H,7-10H2,1H3,(H,15,17). The Morgan fingerprint density at radius 3 is 2.85 bits per heavy atom. The van der Waals surface area contributed by atoms with Crippen molar-refractivity contribution < 1.29 is 19.1 Å². The number of hydrogen-bond acceptors (Lipinski definition) is 4. The number of para-hydroxylation sites is 1. The van der Waals surface area contributed by atoms with E-state index >= 15 is 0 Å².